The van der Waals surface area contributed by atoms with E-state index in [1.807, 2.05) is 25.1 Å². The fourth-order valence-corrected chi connectivity index (χ4v) is 4.40. The third kappa shape index (κ3) is 3.76. The fourth-order valence-electron chi connectivity index (χ4n) is 4.40. The molecule has 1 unspecified atom stereocenters. The maximum absolute atomic E-state index is 12.8. The molecule has 2 aliphatic heterocycles. The molecular weight excluding hydrogens is 372 g/mol. The molecule has 2 saturated heterocycles. The molecule has 1 atom stereocenters. The quantitative estimate of drug-likeness (QED) is 0.711. The molecule has 2 aromatic rings. The lowest BCUT2D eigenvalue weighted by molar-refractivity contribution is -0.152. The third-order valence-corrected chi connectivity index (χ3v) is 6.00. The standard InChI is InChI=1S/C21H26N4O4/c1-23(2)12-15-11-21(20(28)29-15)7-9-24(10-8-21)18(26)13-25-14-22-17-6-4-3-5-16(17)19(25)27/h3-6,14-15H,7-13H2,1-2H3. The number of piperidine rings is 1. The number of carbonyl (C=O) groups is 2. The molecule has 2 aliphatic rings. The SMILES string of the molecule is CN(C)CC1CC2(CCN(C(=O)Cn3cnc4ccccc4c3=O)CC2)C(=O)O1. The van der Waals surface area contributed by atoms with Crippen LogP contribution in [0.25, 0.3) is 10.9 Å². The minimum Gasteiger partial charge on any atom is -0.461 e. The van der Waals surface area contributed by atoms with Crippen molar-refractivity contribution in [3.63, 3.8) is 0 Å². The van der Waals surface area contributed by atoms with Crippen LogP contribution in [0.2, 0.25) is 0 Å². The highest BCUT2D eigenvalue weighted by Crippen LogP contribution is 2.43. The number of likely N-dealkylation sites (N-methyl/N-ethyl adjacent to an activating group) is 1. The molecule has 0 N–H and O–H groups in total. The summed E-state index contributed by atoms with van der Waals surface area (Å²) < 4.78 is 6.93. The van der Waals surface area contributed by atoms with Crippen LogP contribution in [0, 0.1) is 5.41 Å². The van der Waals surface area contributed by atoms with E-state index < -0.39 is 5.41 Å². The van der Waals surface area contributed by atoms with Crippen LogP contribution in [0.1, 0.15) is 19.3 Å². The highest BCUT2D eigenvalue weighted by atomic mass is 16.6. The van der Waals surface area contributed by atoms with Crippen molar-refractivity contribution in [2.75, 3.05) is 33.7 Å². The summed E-state index contributed by atoms with van der Waals surface area (Å²) in [5.41, 5.74) is -0.0739. The zero-order chi connectivity index (χ0) is 20.6. The zero-order valence-corrected chi connectivity index (χ0v) is 16.8. The van der Waals surface area contributed by atoms with Gasteiger partial charge in [-0.25, -0.2) is 4.98 Å². The van der Waals surface area contributed by atoms with E-state index >= 15 is 0 Å². The lowest BCUT2D eigenvalue weighted by Gasteiger charge is -2.36. The fraction of sp³-hybridized carbons (Fsp3) is 0.524. The van der Waals surface area contributed by atoms with Crippen LogP contribution >= 0.6 is 0 Å². The normalized spacial score (nSPS) is 21.1. The van der Waals surface area contributed by atoms with E-state index in [0.29, 0.717) is 49.8 Å². The van der Waals surface area contributed by atoms with Crippen LogP contribution < -0.4 is 5.56 Å². The number of hydrogen-bond acceptors (Lipinski definition) is 6. The van der Waals surface area contributed by atoms with E-state index in [4.69, 9.17) is 4.74 Å². The van der Waals surface area contributed by atoms with Crippen molar-refractivity contribution < 1.29 is 14.3 Å². The summed E-state index contributed by atoms with van der Waals surface area (Å²) in [4.78, 5) is 45.9. The molecule has 154 valence electrons. The maximum Gasteiger partial charge on any atom is 0.312 e. The van der Waals surface area contributed by atoms with Gasteiger partial charge in [-0.15, -0.1) is 0 Å². The van der Waals surface area contributed by atoms with Crippen molar-refractivity contribution >= 4 is 22.8 Å². The number of benzene rings is 1. The molecule has 4 rings (SSSR count). The number of amides is 1. The third-order valence-electron chi connectivity index (χ3n) is 6.00. The van der Waals surface area contributed by atoms with E-state index in [0.717, 1.165) is 0 Å². The summed E-state index contributed by atoms with van der Waals surface area (Å²) in [7, 11) is 3.92. The first-order chi connectivity index (χ1) is 13.9. The minimum absolute atomic E-state index is 0.0443. The summed E-state index contributed by atoms with van der Waals surface area (Å²) in [6, 6.07) is 7.10. The van der Waals surface area contributed by atoms with E-state index in [9.17, 15) is 14.4 Å². The van der Waals surface area contributed by atoms with Crippen LogP contribution in [-0.4, -0.2) is 71.1 Å². The second-order valence-corrected chi connectivity index (χ2v) is 8.35. The molecule has 2 fully saturated rings. The van der Waals surface area contributed by atoms with Gasteiger partial charge in [0, 0.05) is 26.1 Å². The van der Waals surface area contributed by atoms with E-state index in [2.05, 4.69) is 4.98 Å². The number of aromatic nitrogens is 2. The molecule has 1 spiro atoms. The first kappa shape index (κ1) is 19.6. The first-order valence-electron chi connectivity index (χ1n) is 9.96. The predicted molar refractivity (Wildman–Crippen MR) is 107 cm³/mol. The number of likely N-dealkylation sites (tertiary alicyclic amines) is 1. The molecule has 8 nitrogen and oxygen atoms in total. The predicted octanol–water partition coefficient (Wildman–Crippen LogP) is 0.882. The number of para-hydroxylation sites is 1. The van der Waals surface area contributed by atoms with Crippen molar-refractivity contribution in [3.05, 3.63) is 40.9 Å². The van der Waals surface area contributed by atoms with Gasteiger partial charge in [-0.3, -0.25) is 19.0 Å². The van der Waals surface area contributed by atoms with Crippen molar-refractivity contribution in [2.45, 2.75) is 31.9 Å². The monoisotopic (exact) mass is 398 g/mol. The summed E-state index contributed by atoms with van der Waals surface area (Å²) >= 11 is 0. The van der Waals surface area contributed by atoms with Gasteiger partial charge in [-0.05, 0) is 39.1 Å². The Balaban J connectivity index is 1.40. The average Bonchev–Trinajstić information content (AvgIpc) is 2.98. The van der Waals surface area contributed by atoms with E-state index in [1.54, 1.807) is 23.1 Å². The number of carbonyl (C=O) groups excluding carboxylic acids is 2. The number of nitrogens with zero attached hydrogens (tertiary/aromatic N) is 4. The lowest BCUT2D eigenvalue weighted by Crippen LogP contribution is -2.46. The van der Waals surface area contributed by atoms with Gasteiger partial charge in [0.1, 0.15) is 12.6 Å². The Morgan fingerprint density at radius 2 is 1.97 bits per heavy atom. The van der Waals surface area contributed by atoms with Gasteiger partial charge < -0.3 is 14.5 Å². The summed E-state index contributed by atoms with van der Waals surface area (Å²) in [5, 5.41) is 0.501. The van der Waals surface area contributed by atoms with Gasteiger partial charge in [0.25, 0.3) is 5.56 Å². The van der Waals surface area contributed by atoms with Crippen molar-refractivity contribution in [2.24, 2.45) is 5.41 Å². The molecule has 0 radical (unpaired) electrons. The second kappa shape index (κ2) is 7.59. The Hall–Kier alpha value is -2.74. The average molecular weight is 398 g/mol. The van der Waals surface area contributed by atoms with Gasteiger partial charge in [-0.1, -0.05) is 12.1 Å². The lowest BCUT2D eigenvalue weighted by atomic mass is 9.76. The van der Waals surface area contributed by atoms with Crippen LogP contribution in [0.4, 0.5) is 0 Å². The molecule has 0 bridgehead atoms. The Labute approximate surface area is 169 Å². The van der Waals surface area contributed by atoms with Crippen LogP contribution in [0.3, 0.4) is 0 Å². The van der Waals surface area contributed by atoms with Crippen LogP contribution in [0.15, 0.2) is 35.4 Å². The van der Waals surface area contributed by atoms with Gasteiger partial charge in [0.05, 0.1) is 22.6 Å². The molecule has 29 heavy (non-hydrogen) atoms. The first-order valence-corrected chi connectivity index (χ1v) is 9.96. The van der Waals surface area contributed by atoms with Crippen LogP contribution in [-0.2, 0) is 20.9 Å². The number of cyclic esters (lactones) is 1. The maximum atomic E-state index is 12.8. The molecule has 1 aromatic heterocycles. The number of fused-ring (bicyclic) bond motifs is 1. The van der Waals surface area contributed by atoms with Gasteiger partial charge >= 0.3 is 5.97 Å². The molecular formula is C21H26N4O4. The Morgan fingerprint density at radius 3 is 2.69 bits per heavy atom. The second-order valence-electron chi connectivity index (χ2n) is 8.35. The largest absolute Gasteiger partial charge is 0.461 e. The van der Waals surface area contributed by atoms with Crippen LogP contribution in [0.5, 0.6) is 0 Å². The van der Waals surface area contributed by atoms with Crippen molar-refractivity contribution in [1.82, 2.24) is 19.4 Å². The molecule has 3 heterocycles. The van der Waals surface area contributed by atoms with E-state index in [-0.39, 0.29) is 30.1 Å². The minimum atomic E-state index is -0.473. The van der Waals surface area contributed by atoms with Crippen molar-refractivity contribution in [1.29, 1.82) is 0 Å². The summed E-state index contributed by atoms with van der Waals surface area (Å²) in [5.74, 6) is -0.262. The number of hydrogen-bond donors (Lipinski definition) is 0. The molecule has 8 heteroatoms. The molecule has 0 saturated carbocycles. The Kier molecular flexibility index (Phi) is 5.12. The summed E-state index contributed by atoms with van der Waals surface area (Å²) in [6.45, 7) is 1.67. The Bertz CT molecular complexity index is 992. The number of esters is 1. The summed E-state index contributed by atoms with van der Waals surface area (Å²) in [6.07, 6.45) is 3.26. The smallest absolute Gasteiger partial charge is 0.312 e. The highest BCUT2D eigenvalue weighted by molar-refractivity contribution is 5.81. The Morgan fingerprint density at radius 1 is 1.24 bits per heavy atom. The molecule has 1 amide bonds. The van der Waals surface area contributed by atoms with E-state index in [1.165, 1.54) is 10.9 Å². The van der Waals surface area contributed by atoms with Gasteiger partial charge in [-0.2, -0.15) is 0 Å². The number of rotatable bonds is 4. The molecule has 1 aromatic carbocycles. The van der Waals surface area contributed by atoms with Crippen molar-refractivity contribution in [3.8, 4) is 0 Å². The molecule has 0 aliphatic carbocycles. The van der Waals surface area contributed by atoms with Gasteiger partial charge in [0.15, 0.2) is 0 Å². The zero-order valence-electron chi connectivity index (χ0n) is 16.8. The number of ether oxygens (including phenoxy) is 1. The van der Waals surface area contributed by atoms with Gasteiger partial charge in [0.2, 0.25) is 5.91 Å². The topological polar surface area (TPSA) is 84.7 Å². The highest BCUT2D eigenvalue weighted by Gasteiger charge is 2.50.